The van der Waals surface area contributed by atoms with Gasteiger partial charge in [0, 0.05) is 27.1 Å². The molecule has 0 spiro atoms. The third-order valence-corrected chi connectivity index (χ3v) is 6.55. The Morgan fingerprint density at radius 2 is 1.38 bits per heavy atom. The summed E-state index contributed by atoms with van der Waals surface area (Å²) < 4.78 is 0. The highest BCUT2D eigenvalue weighted by Crippen LogP contribution is 2.22. The lowest BCUT2D eigenvalue weighted by atomic mass is 9.85. The quantitative estimate of drug-likeness (QED) is 0.259. The van der Waals surface area contributed by atoms with Gasteiger partial charge >= 0.3 is 0 Å². The summed E-state index contributed by atoms with van der Waals surface area (Å²) in [6.07, 6.45) is -0.208. The molecule has 0 aliphatic carbocycles. The largest absolute Gasteiger partial charge is 0.349 e. The van der Waals surface area contributed by atoms with E-state index in [0.29, 0.717) is 0 Å². The van der Waals surface area contributed by atoms with E-state index in [4.69, 9.17) is 0 Å². The zero-order valence-electron chi connectivity index (χ0n) is 26.7. The van der Waals surface area contributed by atoms with Crippen molar-refractivity contribution in [3.05, 3.63) is 35.9 Å². The molecule has 0 aliphatic rings. The smallest absolute Gasteiger partial charge is 0.289 e. The number of Topliss-reactive ketones (excluding diaryl/α,β-unsaturated/α-hetero) is 1. The molecule has 5 amide bonds. The van der Waals surface area contributed by atoms with E-state index < -0.39 is 53.0 Å². The summed E-state index contributed by atoms with van der Waals surface area (Å²) in [5.41, 5.74) is -0.0283. The van der Waals surface area contributed by atoms with Gasteiger partial charge in [-0.25, -0.2) is 0 Å². The van der Waals surface area contributed by atoms with Gasteiger partial charge in [0.2, 0.25) is 29.4 Å². The van der Waals surface area contributed by atoms with Gasteiger partial charge in [0.15, 0.2) is 0 Å². The lowest BCUT2D eigenvalue weighted by molar-refractivity contribution is -0.141. The molecule has 1 rings (SSSR count). The van der Waals surface area contributed by atoms with E-state index in [0.717, 1.165) is 5.56 Å². The minimum absolute atomic E-state index is 0.0378. The fourth-order valence-corrected chi connectivity index (χ4v) is 4.00. The molecule has 0 radical (unpaired) electrons. The van der Waals surface area contributed by atoms with E-state index in [-0.39, 0.29) is 36.6 Å². The molecule has 0 fully saturated rings. The number of ketones is 1. The van der Waals surface area contributed by atoms with Crippen LogP contribution in [0.25, 0.3) is 0 Å². The number of amides is 5. The molecule has 11 nitrogen and oxygen atoms in total. The molecule has 1 unspecified atom stereocenters. The van der Waals surface area contributed by atoms with Crippen molar-refractivity contribution in [1.82, 2.24) is 26.2 Å². The highest BCUT2D eigenvalue weighted by molar-refractivity contribution is 6.38. The summed E-state index contributed by atoms with van der Waals surface area (Å²) in [6.45, 7) is 14.5. The van der Waals surface area contributed by atoms with Crippen molar-refractivity contribution < 1.29 is 28.8 Å². The summed E-state index contributed by atoms with van der Waals surface area (Å²) in [5.74, 6) is -3.98. The number of hydrogen-bond acceptors (Lipinski definition) is 6. The first-order valence-corrected chi connectivity index (χ1v) is 14.2. The van der Waals surface area contributed by atoms with Crippen LogP contribution in [-0.4, -0.2) is 79.0 Å². The van der Waals surface area contributed by atoms with Crippen LogP contribution in [0.3, 0.4) is 0 Å². The first-order valence-electron chi connectivity index (χ1n) is 14.2. The molecule has 1 aromatic carbocycles. The minimum atomic E-state index is -1.35. The van der Waals surface area contributed by atoms with Crippen LogP contribution in [-0.2, 0) is 28.8 Å². The lowest BCUT2D eigenvalue weighted by Gasteiger charge is -2.33. The van der Waals surface area contributed by atoms with Crippen LogP contribution in [0.15, 0.2) is 30.3 Å². The van der Waals surface area contributed by atoms with Gasteiger partial charge < -0.3 is 26.2 Å². The van der Waals surface area contributed by atoms with Gasteiger partial charge in [0.25, 0.3) is 5.91 Å². The number of nitrogens with zero attached hydrogens (tertiary/aromatic N) is 1. The van der Waals surface area contributed by atoms with Gasteiger partial charge in [-0.15, -0.1) is 0 Å². The number of benzene rings is 1. The topological polar surface area (TPSA) is 154 Å². The van der Waals surface area contributed by atoms with E-state index in [1.807, 2.05) is 58.0 Å². The third-order valence-electron chi connectivity index (χ3n) is 6.55. The van der Waals surface area contributed by atoms with Crippen LogP contribution in [0, 0.1) is 10.8 Å². The van der Waals surface area contributed by atoms with Gasteiger partial charge in [0.1, 0.15) is 12.1 Å². The molecule has 0 aromatic heterocycles. The van der Waals surface area contributed by atoms with Crippen LogP contribution in [0.4, 0.5) is 0 Å². The number of carbonyl (C=O) groups is 6. The predicted molar refractivity (Wildman–Crippen MR) is 161 cm³/mol. The van der Waals surface area contributed by atoms with Gasteiger partial charge in [-0.3, -0.25) is 28.8 Å². The van der Waals surface area contributed by atoms with E-state index >= 15 is 0 Å². The molecule has 11 heteroatoms. The normalized spacial score (nSPS) is 14.4. The molecule has 0 saturated carbocycles. The third kappa shape index (κ3) is 12.4. The van der Waals surface area contributed by atoms with Gasteiger partial charge in [-0.1, -0.05) is 78.8 Å². The SMILES string of the molecule is CC(NC(=O)[C@H](CC(=O)N(C)C)NC(=O)[C@@H](NC(=O)CC(C)(C)C)C(C)(C)C)C(=O)C(=O)NC[C@@H](C)c1ccccc1. The molecule has 0 bridgehead atoms. The average molecular weight is 588 g/mol. The van der Waals surface area contributed by atoms with Crippen LogP contribution >= 0.6 is 0 Å². The van der Waals surface area contributed by atoms with E-state index in [1.165, 1.54) is 25.9 Å². The molecule has 1 aromatic rings. The summed E-state index contributed by atoms with van der Waals surface area (Å²) in [4.78, 5) is 78.4. The molecular formula is C31H49N5O6. The molecule has 4 N–H and O–H groups in total. The van der Waals surface area contributed by atoms with Crippen molar-refractivity contribution in [2.24, 2.45) is 10.8 Å². The van der Waals surface area contributed by atoms with Crippen LogP contribution < -0.4 is 21.3 Å². The Bertz CT molecular complexity index is 1120. The fourth-order valence-electron chi connectivity index (χ4n) is 4.00. The fraction of sp³-hybridized carbons (Fsp3) is 0.613. The zero-order chi connectivity index (χ0) is 32.4. The Balaban J connectivity index is 2.99. The van der Waals surface area contributed by atoms with E-state index in [1.54, 1.807) is 20.8 Å². The van der Waals surface area contributed by atoms with E-state index in [9.17, 15) is 28.8 Å². The van der Waals surface area contributed by atoms with Crippen molar-refractivity contribution in [3.8, 4) is 0 Å². The monoisotopic (exact) mass is 587 g/mol. The average Bonchev–Trinajstić information content (AvgIpc) is 2.87. The second-order valence-electron chi connectivity index (χ2n) is 13.3. The first-order chi connectivity index (χ1) is 19.2. The first kappa shape index (κ1) is 36.3. The van der Waals surface area contributed by atoms with Crippen LogP contribution in [0.5, 0.6) is 0 Å². The maximum absolute atomic E-state index is 13.4. The second kappa shape index (κ2) is 15.5. The highest BCUT2D eigenvalue weighted by atomic mass is 16.2. The summed E-state index contributed by atoms with van der Waals surface area (Å²) >= 11 is 0. The molecule has 4 atom stereocenters. The predicted octanol–water partition coefficient (Wildman–Crippen LogP) is 1.91. The zero-order valence-corrected chi connectivity index (χ0v) is 26.7. The maximum atomic E-state index is 13.4. The number of hydrogen-bond donors (Lipinski definition) is 4. The summed E-state index contributed by atoms with van der Waals surface area (Å²) in [6, 6.07) is 5.92. The summed E-state index contributed by atoms with van der Waals surface area (Å²) in [7, 11) is 3.02. The van der Waals surface area contributed by atoms with Crippen molar-refractivity contribution in [1.29, 1.82) is 0 Å². The summed E-state index contributed by atoms with van der Waals surface area (Å²) in [5, 5.41) is 10.4. The Hall–Kier alpha value is -3.76. The highest BCUT2D eigenvalue weighted by Gasteiger charge is 2.37. The van der Waals surface area contributed by atoms with E-state index in [2.05, 4.69) is 21.3 Å². The second-order valence-corrected chi connectivity index (χ2v) is 13.3. The van der Waals surface area contributed by atoms with Gasteiger partial charge in [-0.05, 0) is 29.2 Å². The number of carbonyl (C=O) groups excluding carboxylic acids is 6. The maximum Gasteiger partial charge on any atom is 0.289 e. The Morgan fingerprint density at radius 3 is 1.88 bits per heavy atom. The molecule has 42 heavy (non-hydrogen) atoms. The molecular weight excluding hydrogens is 538 g/mol. The van der Waals surface area contributed by atoms with Crippen molar-refractivity contribution >= 4 is 35.3 Å². The number of rotatable bonds is 13. The standard InChI is InChI=1S/C31H49N5O6/c1-19(21-14-12-11-13-15-21)18-32-28(41)25(39)20(2)33-27(40)22(16-24(38)36(9)10)34-29(42)26(31(6,7)8)35-23(37)17-30(3,4)5/h11-15,19-20,22,26H,16-18H2,1-10H3,(H,32,41)(H,33,40)(H,34,42)(H,35,37)/t19-,20?,22+,26-/m1/s1. The molecule has 0 aliphatic heterocycles. The van der Waals surface area contributed by atoms with Crippen molar-refractivity contribution in [3.63, 3.8) is 0 Å². The minimum Gasteiger partial charge on any atom is -0.349 e. The Morgan fingerprint density at radius 1 is 0.810 bits per heavy atom. The molecule has 0 saturated heterocycles. The van der Waals surface area contributed by atoms with Crippen molar-refractivity contribution in [2.75, 3.05) is 20.6 Å². The molecule has 0 heterocycles. The Kier molecular flexibility index (Phi) is 13.4. The van der Waals surface area contributed by atoms with Crippen LogP contribution in [0.1, 0.15) is 79.7 Å². The number of nitrogens with one attached hydrogen (secondary N) is 4. The van der Waals surface area contributed by atoms with Gasteiger partial charge in [-0.2, -0.15) is 0 Å². The van der Waals surface area contributed by atoms with Gasteiger partial charge in [0.05, 0.1) is 12.5 Å². The Labute approximate surface area is 249 Å². The lowest BCUT2D eigenvalue weighted by Crippen LogP contribution is -2.59. The van der Waals surface area contributed by atoms with Crippen molar-refractivity contribution in [2.45, 2.75) is 92.3 Å². The van der Waals surface area contributed by atoms with Crippen LogP contribution in [0.2, 0.25) is 0 Å². The molecule has 234 valence electrons.